The minimum atomic E-state index is -0.146. The van der Waals surface area contributed by atoms with Crippen molar-refractivity contribution in [3.63, 3.8) is 0 Å². The summed E-state index contributed by atoms with van der Waals surface area (Å²) in [7, 11) is 0. The second-order valence-electron chi connectivity index (χ2n) is 15.5. The molecule has 8 heteroatoms. The van der Waals surface area contributed by atoms with Gasteiger partial charge < -0.3 is 35.7 Å². The Kier molecular flexibility index (Phi) is 10.1. The number of rotatable bonds is 6. The molecule has 6 fully saturated rings. The first-order valence-electron chi connectivity index (χ1n) is 17.2. The summed E-state index contributed by atoms with van der Waals surface area (Å²) in [5, 5.41) is 0. The van der Waals surface area contributed by atoms with Crippen LogP contribution in [0.4, 0.5) is 0 Å². The van der Waals surface area contributed by atoms with Crippen LogP contribution in [0, 0.1) is 34.5 Å². The maximum atomic E-state index is 12.6. The Morgan fingerprint density at radius 3 is 2.30 bits per heavy atom. The fraction of sp³-hybridized carbons (Fsp3) is 0.886. The number of halogens is 1. The molecule has 0 bridgehead atoms. The summed E-state index contributed by atoms with van der Waals surface area (Å²) in [6.07, 6.45) is 14.0. The van der Waals surface area contributed by atoms with E-state index in [9.17, 15) is 9.59 Å². The van der Waals surface area contributed by atoms with E-state index in [1.54, 1.807) is 13.8 Å². The van der Waals surface area contributed by atoms with Crippen LogP contribution in [0.5, 0.6) is 0 Å². The van der Waals surface area contributed by atoms with Crippen LogP contribution in [0.25, 0.3) is 0 Å². The molecular weight excluding hydrogens is 608 g/mol. The molecular formula is C35H57BrN2O5. The number of carbonyl (C=O) groups excluding carboxylic acids is 2. The third kappa shape index (κ3) is 5.89. The molecule has 2 saturated heterocycles. The number of carbonyl (C=O) groups is 2. The van der Waals surface area contributed by atoms with Crippen LogP contribution in [0.15, 0.2) is 12.7 Å². The Morgan fingerprint density at radius 1 is 0.953 bits per heavy atom. The molecule has 4 saturated carbocycles. The van der Waals surface area contributed by atoms with Crippen molar-refractivity contribution >= 4 is 11.9 Å². The molecule has 5 unspecified atom stereocenters. The van der Waals surface area contributed by atoms with Crippen LogP contribution >= 0.6 is 0 Å². The molecule has 0 aromatic carbocycles. The van der Waals surface area contributed by atoms with Gasteiger partial charge in [-0.2, -0.15) is 0 Å². The van der Waals surface area contributed by atoms with Gasteiger partial charge in [0.25, 0.3) is 0 Å². The Balaban J connectivity index is 0.00000368. The topological polar surface area (TPSA) is 65.1 Å². The largest absolute Gasteiger partial charge is 1.00 e. The van der Waals surface area contributed by atoms with Crippen molar-refractivity contribution in [2.45, 2.75) is 116 Å². The van der Waals surface area contributed by atoms with Crippen LogP contribution in [0.2, 0.25) is 0 Å². The second kappa shape index (κ2) is 13.0. The lowest BCUT2D eigenvalue weighted by molar-refractivity contribution is -0.952. The highest BCUT2D eigenvalue weighted by Crippen LogP contribution is 2.67. The average Bonchev–Trinajstić information content (AvgIpc) is 3.26. The van der Waals surface area contributed by atoms with Crippen LogP contribution < -0.4 is 17.0 Å². The van der Waals surface area contributed by atoms with Crippen molar-refractivity contribution < 1.29 is 45.3 Å². The number of likely N-dealkylation sites (tertiary alicyclic amines) is 1. The number of fused-ring (bicyclic) bond motifs is 5. The van der Waals surface area contributed by atoms with Gasteiger partial charge in [0, 0.05) is 44.8 Å². The summed E-state index contributed by atoms with van der Waals surface area (Å²) in [5.41, 5.74) is 0.264. The zero-order valence-corrected chi connectivity index (χ0v) is 28.8. The third-order valence-electron chi connectivity index (χ3n) is 13.6. The van der Waals surface area contributed by atoms with Crippen LogP contribution in [0.1, 0.15) is 91.9 Å². The minimum Gasteiger partial charge on any atom is -1.00 e. The quantitative estimate of drug-likeness (QED) is 0.247. The summed E-state index contributed by atoms with van der Waals surface area (Å²) < 4.78 is 19.3. The molecule has 2 heterocycles. The van der Waals surface area contributed by atoms with E-state index in [-0.39, 0.29) is 58.0 Å². The first-order chi connectivity index (χ1) is 20.1. The van der Waals surface area contributed by atoms with Gasteiger partial charge in [0.2, 0.25) is 0 Å². The van der Waals surface area contributed by atoms with E-state index in [1.807, 2.05) is 0 Å². The summed E-state index contributed by atoms with van der Waals surface area (Å²) >= 11 is 0. The van der Waals surface area contributed by atoms with E-state index in [0.717, 1.165) is 56.6 Å². The lowest BCUT2D eigenvalue weighted by Gasteiger charge is -2.62. The zero-order chi connectivity index (χ0) is 29.7. The standard InChI is InChI=1S/C35H57N2O5.BrH/c1-6-16-37(17-8-7-9-18-37)31-22-29-27-11-10-26-21-32(41-24(2)38)30(36-14-19-40-20-15-36)23-35(26,5)28(27)12-13-34(29,4)33(31)42-25(3)39;/h6,26-33H,1,7-23H2,2-5H3;1H/q+1;/p-1/t26?,27-,28-,29+,30?,31?,32?,33?,34+,35+;/m1./s1. The molecule has 0 aromatic heterocycles. The first kappa shape index (κ1) is 33.4. The van der Waals surface area contributed by atoms with Crippen LogP contribution in [0.3, 0.4) is 0 Å². The van der Waals surface area contributed by atoms with Gasteiger partial charge in [-0.25, -0.2) is 0 Å². The third-order valence-corrected chi connectivity index (χ3v) is 13.6. The number of nitrogens with zero attached hydrogens (tertiary/aromatic N) is 2. The summed E-state index contributed by atoms with van der Waals surface area (Å²) in [4.78, 5) is 27.4. The molecule has 0 amide bonds. The molecule has 4 aliphatic carbocycles. The Morgan fingerprint density at radius 2 is 1.65 bits per heavy atom. The molecule has 7 nitrogen and oxygen atoms in total. The average molecular weight is 666 g/mol. The van der Waals surface area contributed by atoms with Gasteiger partial charge >= 0.3 is 11.9 Å². The van der Waals surface area contributed by atoms with Crippen molar-refractivity contribution in [3.8, 4) is 0 Å². The predicted octanol–water partition coefficient (Wildman–Crippen LogP) is 2.37. The fourth-order valence-electron chi connectivity index (χ4n) is 11.8. The van der Waals surface area contributed by atoms with Crippen molar-refractivity contribution in [2.24, 2.45) is 34.5 Å². The van der Waals surface area contributed by atoms with Gasteiger partial charge in [-0.15, -0.1) is 0 Å². The molecule has 6 aliphatic rings. The van der Waals surface area contributed by atoms with Gasteiger partial charge in [0.1, 0.15) is 12.1 Å². The van der Waals surface area contributed by atoms with E-state index in [2.05, 4.69) is 31.4 Å². The highest BCUT2D eigenvalue weighted by atomic mass is 79.9. The number of quaternary nitrogens is 1. The normalized spacial score (nSPS) is 44.1. The molecule has 0 aromatic rings. The zero-order valence-electron chi connectivity index (χ0n) is 27.2. The lowest BCUT2D eigenvalue weighted by Crippen LogP contribution is -3.00. The van der Waals surface area contributed by atoms with E-state index >= 15 is 0 Å². The minimum absolute atomic E-state index is 0. The van der Waals surface area contributed by atoms with Crippen LogP contribution in [-0.4, -0.2) is 91.6 Å². The monoisotopic (exact) mass is 664 g/mol. The maximum absolute atomic E-state index is 12.6. The van der Waals surface area contributed by atoms with Gasteiger partial charge in [-0.05, 0) is 93.0 Å². The van der Waals surface area contributed by atoms with Gasteiger partial charge in [-0.3, -0.25) is 14.5 Å². The van der Waals surface area contributed by atoms with Crippen molar-refractivity contribution in [1.82, 2.24) is 4.90 Å². The molecule has 0 radical (unpaired) electrons. The molecule has 0 N–H and O–H groups in total. The number of piperidine rings is 1. The SMILES string of the molecule is C=CC[N+]1(C2C[C@H]3[C@@H]4CCC5CC(OC(C)=O)C(N6CCOCC6)C[C@]5(C)[C@@H]4CC[C@]3(C)C2OC(C)=O)CCCCC1.[Br-]. The van der Waals surface area contributed by atoms with E-state index in [0.29, 0.717) is 29.7 Å². The van der Waals surface area contributed by atoms with Crippen molar-refractivity contribution in [2.75, 3.05) is 45.9 Å². The number of morpholine rings is 1. The second-order valence-corrected chi connectivity index (χ2v) is 15.5. The highest BCUT2D eigenvalue weighted by Gasteiger charge is 2.67. The van der Waals surface area contributed by atoms with Crippen LogP contribution in [-0.2, 0) is 23.8 Å². The highest BCUT2D eigenvalue weighted by molar-refractivity contribution is 5.66. The van der Waals surface area contributed by atoms with Crippen molar-refractivity contribution in [3.05, 3.63) is 12.7 Å². The van der Waals surface area contributed by atoms with E-state index < -0.39 is 0 Å². The van der Waals surface area contributed by atoms with Gasteiger partial charge in [-0.1, -0.05) is 20.4 Å². The van der Waals surface area contributed by atoms with Gasteiger partial charge in [0.15, 0.2) is 6.10 Å². The summed E-state index contributed by atoms with van der Waals surface area (Å²) in [5.74, 6) is 2.24. The Hall–Kier alpha value is -0.960. The number of esters is 2. The Bertz CT molecular complexity index is 1030. The number of hydrogen-bond acceptors (Lipinski definition) is 6. The van der Waals surface area contributed by atoms with Crippen molar-refractivity contribution in [1.29, 1.82) is 0 Å². The summed E-state index contributed by atoms with van der Waals surface area (Å²) in [6.45, 7) is 19.2. The first-order valence-corrected chi connectivity index (χ1v) is 17.2. The molecule has 43 heavy (non-hydrogen) atoms. The molecule has 0 spiro atoms. The number of ether oxygens (including phenoxy) is 3. The Labute approximate surface area is 270 Å². The molecule has 10 atom stereocenters. The van der Waals surface area contributed by atoms with E-state index in [1.165, 1.54) is 58.0 Å². The summed E-state index contributed by atoms with van der Waals surface area (Å²) in [6, 6.07) is 0.637. The predicted molar refractivity (Wildman–Crippen MR) is 162 cm³/mol. The van der Waals surface area contributed by atoms with Gasteiger partial charge in [0.05, 0.1) is 32.8 Å². The fourth-order valence-corrected chi connectivity index (χ4v) is 11.8. The lowest BCUT2D eigenvalue weighted by atomic mass is 9.44. The molecule has 2 aliphatic heterocycles. The van der Waals surface area contributed by atoms with E-state index in [4.69, 9.17) is 14.2 Å². The number of hydrogen-bond donors (Lipinski definition) is 0. The molecule has 6 rings (SSSR count). The smallest absolute Gasteiger partial charge is 0.303 e. The maximum Gasteiger partial charge on any atom is 0.303 e. The molecule has 244 valence electrons.